The Morgan fingerprint density at radius 3 is 2.75 bits per heavy atom. The van der Waals surface area contributed by atoms with Crippen molar-refractivity contribution in [3.8, 4) is 10.9 Å². The first-order valence-corrected chi connectivity index (χ1v) is 5.07. The second-order valence-electron chi connectivity index (χ2n) is 2.80. The Morgan fingerprint density at radius 2 is 2.12 bits per heavy atom. The van der Waals surface area contributed by atoms with E-state index in [1.165, 1.54) is 0 Å². The third-order valence-corrected chi connectivity index (χ3v) is 2.46. The van der Waals surface area contributed by atoms with Gasteiger partial charge in [0.2, 0.25) is 0 Å². The normalized spacial score (nSPS) is 10.4. The molecule has 0 radical (unpaired) electrons. The van der Waals surface area contributed by atoms with E-state index in [2.05, 4.69) is 10.2 Å². The molecule has 1 aromatic heterocycles. The fourth-order valence-corrected chi connectivity index (χ4v) is 1.56. The molecule has 0 saturated heterocycles. The van der Waals surface area contributed by atoms with Crippen molar-refractivity contribution in [3.63, 3.8) is 0 Å². The lowest BCUT2D eigenvalue weighted by atomic mass is 10.3. The molecule has 16 heavy (non-hydrogen) atoms. The van der Waals surface area contributed by atoms with Gasteiger partial charge in [0.25, 0.3) is 5.19 Å². The Kier molecular flexibility index (Phi) is 3.07. The van der Waals surface area contributed by atoms with Crippen molar-refractivity contribution in [1.82, 2.24) is 10.2 Å². The van der Waals surface area contributed by atoms with Gasteiger partial charge in [0.05, 0.1) is 6.61 Å². The van der Waals surface area contributed by atoms with E-state index in [-0.39, 0.29) is 17.6 Å². The lowest BCUT2D eigenvalue weighted by molar-refractivity contribution is 0.280. The molecule has 0 aliphatic carbocycles. The minimum atomic E-state index is -0.819. The lowest BCUT2D eigenvalue weighted by Crippen LogP contribution is -1.88. The molecule has 4 nitrogen and oxygen atoms in total. The maximum Gasteiger partial charge on any atom is 0.299 e. The molecule has 2 rings (SSSR count). The zero-order valence-electron chi connectivity index (χ0n) is 7.85. The molecular formula is C9H6F2N2O2S. The van der Waals surface area contributed by atoms with Crippen LogP contribution in [0.4, 0.5) is 8.78 Å². The van der Waals surface area contributed by atoms with Crippen LogP contribution in [0.25, 0.3) is 0 Å². The summed E-state index contributed by atoms with van der Waals surface area (Å²) in [4.78, 5) is 0. The molecule has 1 aromatic carbocycles. The summed E-state index contributed by atoms with van der Waals surface area (Å²) >= 11 is 0.986. The van der Waals surface area contributed by atoms with Crippen LogP contribution in [-0.4, -0.2) is 15.3 Å². The van der Waals surface area contributed by atoms with Crippen molar-refractivity contribution in [2.45, 2.75) is 6.61 Å². The van der Waals surface area contributed by atoms with Gasteiger partial charge < -0.3 is 9.84 Å². The van der Waals surface area contributed by atoms with Crippen LogP contribution >= 0.6 is 11.3 Å². The molecule has 0 unspecified atom stereocenters. The number of halogens is 2. The van der Waals surface area contributed by atoms with Crippen LogP contribution in [0.2, 0.25) is 0 Å². The van der Waals surface area contributed by atoms with Crippen molar-refractivity contribution >= 4 is 11.3 Å². The van der Waals surface area contributed by atoms with E-state index in [1.54, 1.807) is 0 Å². The van der Waals surface area contributed by atoms with Crippen LogP contribution in [0, 0.1) is 11.6 Å². The SMILES string of the molecule is OCc1nnc(Oc2ccc(F)cc2F)s1. The number of benzene rings is 1. The molecular weight excluding hydrogens is 238 g/mol. The van der Waals surface area contributed by atoms with E-state index in [9.17, 15) is 8.78 Å². The van der Waals surface area contributed by atoms with Gasteiger partial charge >= 0.3 is 0 Å². The Bertz CT molecular complexity index is 504. The topological polar surface area (TPSA) is 55.2 Å². The maximum absolute atomic E-state index is 13.2. The Labute approximate surface area is 93.1 Å². The van der Waals surface area contributed by atoms with Gasteiger partial charge in [-0.2, -0.15) is 0 Å². The van der Waals surface area contributed by atoms with Crippen molar-refractivity contribution in [3.05, 3.63) is 34.8 Å². The van der Waals surface area contributed by atoms with Gasteiger partial charge in [0.1, 0.15) is 10.8 Å². The van der Waals surface area contributed by atoms with E-state index < -0.39 is 11.6 Å². The van der Waals surface area contributed by atoms with Crippen LogP contribution < -0.4 is 4.74 Å². The van der Waals surface area contributed by atoms with Crippen LogP contribution in [0.15, 0.2) is 18.2 Å². The minimum Gasteiger partial charge on any atom is -0.427 e. The predicted molar refractivity (Wildman–Crippen MR) is 52.3 cm³/mol. The van der Waals surface area contributed by atoms with E-state index in [0.29, 0.717) is 11.1 Å². The highest BCUT2D eigenvalue weighted by Gasteiger charge is 2.09. The first kappa shape index (κ1) is 10.9. The Hall–Kier alpha value is -1.60. The zero-order valence-corrected chi connectivity index (χ0v) is 8.67. The number of ether oxygens (including phenoxy) is 1. The second-order valence-corrected chi connectivity index (χ2v) is 3.82. The number of aromatic nitrogens is 2. The number of nitrogens with zero attached hydrogens (tertiary/aromatic N) is 2. The third-order valence-electron chi connectivity index (χ3n) is 1.67. The molecule has 1 N–H and O–H groups in total. The largest absolute Gasteiger partial charge is 0.427 e. The van der Waals surface area contributed by atoms with E-state index in [4.69, 9.17) is 9.84 Å². The van der Waals surface area contributed by atoms with Gasteiger partial charge in [-0.15, -0.1) is 5.10 Å². The summed E-state index contributed by atoms with van der Waals surface area (Å²) in [5, 5.41) is 16.3. The van der Waals surface area contributed by atoms with Crippen LogP contribution in [-0.2, 0) is 6.61 Å². The summed E-state index contributed by atoms with van der Waals surface area (Å²) in [6.07, 6.45) is 0. The molecule has 0 bridgehead atoms. The third kappa shape index (κ3) is 2.31. The zero-order chi connectivity index (χ0) is 11.5. The molecule has 0 atom stereocenters. The fourth-order valence-electron chi connectivity index (χ4n) is 0.995. The summed E-state index contributed by atoms with van der Waals surface area (Å²) in [6, 6.07) is 2.94. The van der Waals surface area contributed by atoms with Crippen molar-refractivity contribution in [2.24, 2.45) is 0 Å². The fraction of sp³-hybridized carbons (Fsp3) is 0.111. The number of aliphatic hydroxyl groups excluding tert-OH is 1. The monoisotopic (exact) mass is 244 g/mol. The number of hydrogen-bond acceptors (Lipinski definition) is 5. The van der Waals surface area contributed by atoms with Crippen LogP contribution in [0.1, 0.15) is 5.01 Å². The van der Waals surface area contributed by atoms with Gasteiger partial charge in [0.15, 0.2) is 11.6 Å². The first-order valence-electron chi connectivity index (χ1n) is 4.25. The van der Waals surface area contributed by atoms with Gasteiger partial charge in [-0.05, 0) is 12.1 Å². The molecule has 0 aliphatic rings. The molecule has 0 fully saturated rings. The summed E-state index contributed by atoms with van der Waals surface area (Å²) in [5.74, 6) is -1.64. The van der Waals surface area contributed by atoms with Crippen LogP contribution in [0.3, 0.4) is 0 Å². The highest BCUT2D eigenvalue weighted by atomic mass is 32.1. The van der Waals surface area contributed by atoms with E-state index in [1.807, 2.05) is 0 Å². The van der Waals surface area contributed by atoms with Crippen molar-refractivity contribution < 1.29 is 18.6 Å². The van der Waals surface area contributed by atoms with Crippen LogP contribution in [0.5, 0.6) is 10.9 Å². The van der Waals surface area contributed by atoms with E-state index in [0.717, 1.165) is 23.5 Å². The van der Waals surface area contributed by atoms with Gasteiger partial charge in [0, 0.05) is 6.07 Å². The minimum absolute atomic E-state index is 0.0922. The maximum atomic E-state index is 13.2. The summed E-state index contributed by atoms with van der Waals surface area (Å²) in [6.45, 7) is -0.257. The quantitative estimate of drug-likeness (QED) is 0.898. The molecule has 1 heterocycles. The standard InChI is InChI=1S/C9H6F2N2O2S/c10-5-1-2-7(6(11)3-5)15-9-13-12-8(4-14)16-9/h1-3,14H,4H2. The number of rotatable bonds is 3. The lowest BCUT2D eigenvalue weighted by Gasteiger charge is -2.01. The predicted octanol–water partition coefficient (Wildman–Crippen LogP) is 2.10. The summed E-state index contributed by atoms with van der Waals surface area (Å²) < 4.78 is 30.8. The smallest absolute Gasteiger partial charge is 0.299 e. The van der Waals surface area contributed by atoms with Gasteiger partial charge in [-0.3, -0.25) is 0 Å². The molecule has 0 amide bonds. The molecule has 84 valence electrons. The highest BCUT2D eigenvalue weighted by Crippen LogP contribution is 2.27. The first-order chi connectivity index (χ1) is 7.69. The van der Waals surface area contributed by atoms with Crippen molar-refractivity contribution in [1.29, 1.82) is 0 Å². The van der Waals surface area contributed by atoms with Gasteiger partial charge in [-0.1, -0.05) is 16.4 Å². The number of aliphatic hydroxyl groups is 1. The van der Waals surface area contributed by atoms with Crippen molar-refractivity contribution in [2.75, 3.05) is 0 Å². The Balaban J connectivity index is 2.20. The average molecular weight is 244 g/mol. The second kappa shape index (κ2) is 4.50. The van der Waals surface area contributed by atoms with E-state index >= 15 is 0 Å². The average Bonchev–Trinajstić information content (AvgIpc) is 2.70. The summed E-state index contributed by atoms with van der Waals surface area (Å²) in [7, 11) is 0. The Morgan fingerprint density at radius 1 is 1.31 bits per heavy atom. The molecule has 0 saturated carbocycles. The molecule has 7 heteroatoms. The molecule has 2 aromatic rings. The highest BCUT2D eigenvalue weighted by molar-refractivity contribution is 7.13. The molecule has 0 aliphatic heterocycles. The van der Waals surface area contributed by atoms with Gasteiger partial charge in [-0.25, -0.2) is 8.78 Å². The summed E-state index contributed by atoms with van der Waals surface area (Å²) in [5.41, 5.74) is 0. The number of hydrogen-bond donors (Lipinski definition) is 1. The molecule has 0 spiro atoms.